The van der Waals surface area contributed by atoms with Crippen LogP contribution in [0.4, 0.5) is 5.69 Å². The Morgan fingerprint density at radius 3 is 2.69 bits per heavy atom. The second-order valence-corrected chi connectivity index (χ2v) is 7.70. The highest BCUT2D eigenvalue weighted by Crippen LogP contribution is 2.39. The van der Waals surface area contributed by atoms with Gasteiger partial charge in [-0.25, -0.2) is 0 Å². The SMILES string of the molecule is O=C(CC1(C(=O)O)CCSC1)Nc1cccc(C(=O)N2CCOCC2)c1. The van der Waals surface area contributed by atoms with Gasteiger partial charge in [0, 0.05) is 36.5 Å². The molecular weight excluding hydrogens is 356 g/mol. The van der Waals surface area contributed by atoms with Gasteiger partial charge in [0.15, 0.2) is 0 Å². The second-order valence-electron chi connectivity index (χ2n) is 6.60. The molecule has 0 bridgehead atoms. The van der Waals surface area contributed by atoms with E-state index in [1.807, 2.05) is 0 Å². The number of benzene rings is 1. The molecule has 2 fully saturated rings. The Kier molecular flexibility index (Phi) is 5.83. The molecule has 0 spiro atoms. The summed E-state index contributed by atoms with van der Waals surface area (Å²) in [4.78, 5) is 38.2. The average molecular weight is 378 g/mol. The number of thioether (sulfide) groups is 1. The Labute approximate surface area is 156 Å². The van der Waals surface area contributed by atoms with Crippen LogP contribution in [0, 0.1) is 5.41 Å². The van der Waals surface area contributed by atoms with Crippen molar-refractivity contribution in [3.8, 4) is 0 Å². The van der Waals surface area contributed by atoms with E-state index in [2.05, 4.69) is 5.32 Å². The molecule has 1 unspecified atom stereocenters. The maximum Gasteiger partial charge on any atom is 0.311 e. The second kappa shape index (κ2) is 8.09. The van der Waals surface area contributed by atoms with E-state index in [0.29, 0.717) is 49.7 Å². The summed E-state index contributed by atoms with van der Waals surface area (Å²) in [5.41, 5.74) is 0.00469. The van der Waals surface area contributed by atoms with Crippen LogP contribution in [0.2, 0.25) is 0 Å². The molecule has 1 atom stereocenters. The number of carbonyl (C=O) groups excluding carboxylic acids is 2. The summed E-state index contributed by atoms with van der Waals surface area (Å²) in [6, 6.07) is 6.75. The van der Waals surface area contributed by atoms with Crippen LogP contribution < -0.4 is 5.32 Å². The molecule has 2 aliphatic rings. The number of hydrogen-bond acceptors (Lipinski definition) is 5. The van der Waals surface area contributed by atoms with Crippen LogP contribution in [0.15, 0.2) is 24.3 Å². The molecule has 140 valence electrons. The number of carboxylic acids is 1. The minimum Gasteiger partial charge on any atom is -0.481 e. The molecule has 7 nitrogen and oxygen atoms in total. The summed E-state index contributed by atoms with van der Waals surface area (Å²) in [5, 5.41) is 12.2. The smallest absolute Gasteiger partial charge is 0.311 e. The first-order valence-corrected chi connectivity index (χ1v) is 9.74. The minimum atomic E-state index is -0.990. The Bertz CT molecular complexity index is 697. The highest BCUT2D eigenvalue weighted by atomic mass is 32.2. The van der Waals surface area contributed by atoms with E-state index in [4.69, 9.17) is 4.74 Å². The van der Waals surface area contributed by atoms with Crippen molar-refractivity contribution in [1.29, 1.82) is 0 Å². The van der Waals surface area contributed by atoms with E-state index in [1.54, 1.807) is 40.9 Å². The molecule has 0 aliphatic carbocycles. The van der Waals surface area contributed by atoms with Crippen LogP contribution in [0.1, 0.15) is 23.2 Å². The summed E-state index contributed by atoms with van der Waals surface area (Å²) >= 11 is 1.56. The molecule has 0 radical (unpaired) electrons. The summed E-state index contributed by atoms with van der Waals surface area (Å²) in [5.74, 6) is -0.160. The first kappa shape index (κ1) is 18.7. The van der Waals surface area contributed by atoms with Crippen LogP contribution in [0.25, 0.3) is 0 Å². The fraction of sp³-hybridized carbons (Fsp3) is 0.500. The molecule has 2 aliphatic heterocycles. The zero-order chi connectivity index (χ0) is 18.6. The molecule has 1 aromatic rings. The van der Waals surface area contributed by atoms with Crippen molar-refractivity contribution >= 4 is 35.2 Å². The maximum absolute atomic E-state index is 12.5. The lowest BCUT2D eigenvalue weighted by atomic mass is 9.84. The van der Waals surface area contributed by atoms with Gasteiger partial charge >= 0.3 is 5.97 Å². The molecule has 0 aromatic heterocycles. The lowest BCUT2D eigenvalue weighted by molar-refractivity contribution is -0.149. The van der Waals surface area contributed by atoms with Crippen molar-refractivity contribution in [2.24, 2.45) is 5.41 Å². The molecule has 3 rings (SSSR count). The number of nitrogens with zero attached hydrogens (tertiary/aromatic N) is 1. The summed E-state index contributed by atoms with van der Waals surface area (Å²) in [6.07, 6.45) is 0.437. The summed E-state index contributed by atoms with van der Waals surface area (Å²) < 4.78 is 5.25. The van der Waals surface area contributed by atoms with E-state index in [1.165, 1.54) is 0 Å². The normalized spacial score (nSPS) is 22.8. The van der Waals surface area contributed by atoms with Crippen LogP contribution in [0.3, 0.4) is 0 Å². The largest absolute Gasteiger partial charge is 0.481 e. The zero-order valence-corrected chi connectivity index (χ0v) is 15.2. The Hall–Kier alpha value is -2.06. The standard InChI is InChI=1S/C18H22N2O5S/c21-15(11-18(17(23)24)4-9-26-12-18)19-14-3-1-2-13(10-14)16(22)20-5-7-25-8-6-20/h1-3,10H,4-9,11-12H2,(H,19,21)(H,23,24). The summed E-state index contributed by atoms with van der Waals surface area (Å²) in [7, 11) is 0. The monoisotopic (exact) mass is 378 g/mol. The van der Waals surface area contributed by atoms with Crippen LogP contribution in [0.5, 0.6) is 0 Å². The molecule has 0 saturated carbocycles. The van der Waals surface area contributed by atoms with Crippen LogP contribution >= 0.6 is 11.8 Å². The molecule has 26 heavy (non-hydrogen) atoms. The lowest BCUT2D eigenvalue weighted by Crippen LogP contribution is -2.40. The van der Waals surface area contributed by atoms with E-state index in [-0.39, 0.29) is 18.2 Å². The fourth-order valence-corrected chi connectivity index (χ4v) is 4.62. The number of amides is 2. The molecule has 2 amide bonds. The van der Waals surface area contributed by atoms with Gasteiger partial charge < -0.3 is 20.1 Å². The summed E-state index contributed by atoms with van der Waals surface area (Å²) in [6.45, 7) is 2.15. The number of aliphatic carboxylic acids is 1. The number of carbonyl (C=O) groups is 3. The van der Waals surface area contributed by atoms with Crippen LogP contribution in [-0.2, 0) is 14.3 Å². The topological polar surface area (TPSA) is 95.9 Å². The number of anilines is 1. The van der Waals surface area contributed by atoms with Crippen molar-refractivity contribution in [3.63, 3.8) is 0 Å². The van der Waals surface area contributed by atoms with Crippen molar-refractivity contribution in [2.45, 2.75) is 12.8 Å². The third-order valence-electron chi connectivity index (χ3n) is 4.75. The zero-order valence-electron chi connectivity index (χ0n) is 14.4. The van der Waals surface area contributed by atoms with E-state index >= 15 is 0 Å². The van der Waals surface area contributed by atoms with Gasteiger partial charge in [0.25, 0.3) is 5.91 Å². The number of morpholine rings is 1. The quantitative estimate of drug-likeness (QED) is 0.810. The Morgan fingerprint density at radius 1 is 1.27 bits per heavy atom. The average Bonchev–Trinajstić information content (AvgIpc) is 3.12. The first-order chi connectivity index (χ1) is 12.5. The van der Waals surface area contributed by atoms with E-state index in [0.717, 1.165) is 5.75 Å². The number of carboxylic acid groups (broad SMARTS) is 1. The minimum absolute atomic E-state index is 0.0586. The van der Waals surface area contributed by atoms with Crippen molar-refractivity contribution in [3.05, 3.63) is 29.8 Å². The number of nitrogens with one attached hydrogen (secondary N) is 1. The molecule has 2 N–H and O–H groups in total. The van der Waals surface area contributed by atoms with Crippen molar-refractivity contribution < 1.29 is 24.2 Å². The molecule has 2 saturated heterocycles. The van der Waals surface area contributed by atoms with Gasteiger partial charge in [0.05, 0.1) is 18.6 Å². The van der Waals surface area contributed by atoms with Gasteiger partial charge in [-0.15, -0.1) is 0 Å². The third-order valence-corrected chi connectivity index (χ3v) is 6.00. The lowest BCUT2D eigenvalue weighted by Gasteiger charge is -2.27. The van der Waals surface area contributed by atoms with Gasteiger partial charge in [-0.2, -0.15) is 11.8 Å². The number of rotatable bonds is 5. The van der Waals surface area contributed by atoms with Gasteiger partial charge in [-0.1, -0.05) is 6.07 Å². The van der Waals surface area contributed by atoms with Crippen molar-refractivity contribution in [2.75, 3.05) is 43.1 Å². The molecule has 1 aromatic carbocycles. The molecule has 8 heteroatoms. The first-order valence-electron chi connectivity index (χ1n) is 8.58. The van der Waals surface area contributed by atoms with Crippen LogP contribution in [-0.4, -0.2) is 65.6 Å². The highest BCUT2D eigenvalue weighted by molar-refractivity contribution is 7.99. The predicted octanol–water partition coefficient (Wildman–Crippen LogP) is 1.70. The van der Waals surface area contributed by atoms with E-state index in [9.17, 15) is 19.5 Å². The van der Waals surface area contributed by atoms with Gasteiger partial charge in [0.1, 0.15) is 0 Å². The third kappa shape index (κ3) is 4.19. The highest BCUT2D eigenvalue weighted by Gasteiger charge is 2.43. The fourth-order valence-electron chi connectivity index (χ4n) is 3.18. The van der Waals surface area contributed by atoms with Gasteiger partial charge in [-0.3, -0.25) is 14.4 Å². The molecule has 2 heterocycles. The Balaban J connectivity index is 1.65. The van der Waals surface area contributed by atoms with Gasteiger partial charge in [-0.05, 0) is 30.4 Å². The maximum atomic E-state index is 12.5. The predicted molar refractivity (Wildman–Crippen MR) is 98.4 cm³/mol. The Morgan fingerprint density at radius 2 is 2.04 bits per heavy atom. The number of ether oxygens (including phenoxy) is 1. The number of hydrogen-bond donors (Lipinski definition) is 2. The van der Waals surface area contributed by atoms with Gasteiger partial charge in [0.2, 0.25) is 5.91 Å². The van der Waals surface area contributed by atoms with E-state index < -0.39 is 11.4 Å². The van der Waals surface area contributed by atoms with Crippen molar-refractivity contribution in [1.82, 2.24) is 4.90 Å². The molecular formula is C18H22N2O5S.